The van der Waals surface area contributed by atoms with Crippen LogP contribution in [0.4, 0.5) is 0 Å². The Morgan fingerprint density at radius 2 is 1.68 bits per heavy atom. The van der Waals surface area contributed by atoms with Crippen molar-refractivity contribution in [3.05, 3.63) is 60.7 Å². The first kappa shape index (κ1) is 17.5. The number of rotatable bonds is 6. The Hall–Kier alpha value is -3.87. The summed E-state index contributed by atoms with van der Waals surface area (Å²) < 4.78 is 6.90. The van der Waals surface area contributed by atoms with E-state index in [4.69, 9.17) is 9.84 Å². The molecule has 0 unspecified atom stereocenters. The summed E-state index contributed by atoms with van der Waals surface area (Å²) in [6, 6.07) is 18.4. The van der Waals surface area contributed by atoms with Crippen LogP contribution in [0.25, 0.3) is 33.2 Å². The third kappa shape index (κ3) is 3.37. The second-order valence-corrected chi connectivity index (χ2v) is 6.31. The second kappa shape index (κ2) is 7.03. The number of aliphatic carboxylic acids is 2. The maximum atomic E-state index is 11.3. The molecular formula is C21H16N2O5. The maximum Gasteiger partial charge on any atom is 0.341 e. The van der Waals surface area contributed by atoms with E-state index >= 15 is 0 Å². The lowest BCUT2D eigenvalue weighted by Gasteiger charge is -2.09. The van der Waals surface area contributed by atoms with Crippen molar-refractivity contribution in [2.24, 2.45) is 0 Å². The Bertz CT molecular complexity index is 1210. The number of ether oxygens (including phenoxy) is 1. The summed E-state index contributed by atoms with van der Waals surface area (Å²) in [5, 5.41) is 19.8. The van der Waals surface area contributed by atoms with Gasteiger partial charge in [0.1, 0.15) is 18.1 Å². The lowest BCUT2D eigenvalue weighted by molar-refractivity contribution is -0.139. The molecule has 0 aliphatic heterocycles. The van der Waals surface area contributed by atoms with Crippen molar-refractivity contribution in [2.75, 3.05) is 6.61 Å². The zero-order chi connectivity index (χ0) is 19.7. The molecule has 0 saturated heterocycles. The third-order valence-corrected chi connectivity index (χ3v) is 4.38. The Labute approximate surface area is 159 Å². The summed E-state index contributed by atoms with van der Waals surface area (Å²) in [4.78, 5) is 26.6. The van der Waals surface area contributed by atoms with E-state index in [9.17, 15) is 14.7 Å². The van der Waals surface area contributed by atoms with Crippen LogP contribution in [0.2, 0.25) is 0 Å². The Balaban J connectivity index is 1.77. The number of carboxylic acid groups (broad SMARTS) is 2. The molecule has 0 radical (unpaired) electrons. The number of aromatic nitrogens is 2. The summed E-state index contributed by atoms with van der Waals surface area (Å²) in [7, 11) is 0. The van der Waals surface area contributed by atoms with E-state index in [1.807, 2.05) is 48.5 Å². The van der Waals surface area contributed by atoms with Gasteiger partial charge in [0.05, 0.1) is 11.0 Å². The van der Waals surface area contributed by atoms with E-state index in [-0.39, 0.29) is 6.54 Å². The predicted octanol–water partition coefficient (Wildman–Crippen LogP) is 3.40. The highest BCUT2D eigenvalue weighted by atomic mass is 16.5. The molecule has 3 aromatic carbocycles. The molecule has 0 saturated carbocycles. The fourth-order valence-electron chi connectivity index (χ4n) is 3.19. The van der Waals surface area contributed by atoms with Crippen molar-refractivity contribution in [1.82, 2.24) is 9.55 Å². The van der Waals surface area contributed by atoms with E-state index in [1.54, 1.807) is 16.7 Å². The number of fused-ring (bicyclic) bond motifs is 2. The molecule has 4 rings (SSSR count). The summed E-state index contributed by atoms with van der Waals surface area (Å²) in [6.45, 7) is -0.585. The van der Waals surface area contributed by atoms with Crippen molar-refractivity contribution in [1.29, 1.82) is 0 Å². The monoisotopic (exact) mass is 376 g/mol. The number of benzene rings is 3. The van der Waals surface area contributed by atoms with Gasteiger partial charge in [0.2, 0.25) is 0 Å². The first-order chi connectivity index (χ1) is 13.5. The van der Waals surface area contributed by atoms with Gasteiger partial charge in [0.15, 0.2) is 6.61 Å². The molecule has 0 amide bonds. The van der Waals surface area contributed by atoms with Gasteiger partial charge < -0.3 is 19.5 Å². The van der Waals surface area contributed by atoms with Crippen LogP contribution in [-0.2, 0) is 16.1 Å². The number of carboxylic acids is 2. The minimum atomic E-state index is -1.03. The normalized spacial score (nSPS) is 11.0. The van der Waals surface area contributed by atoms with Gasteiger partial charge in [-0.05, 0) is 41.1 Å². The first-order valence-corrected chi connectivity index (χ1v) is 8.57. The van der Waals surface area contributed by atoms with Crippen LogP contribution in [0.15, 0.2) is 60.7 Å². The van der Waals surface area contributed by atoms with Crippen molar-refractivity contribution >= 4 is 33.7 Å². The van der Waals surface area contributed by atoms with E-state index in [1.165, 1.54) is 0 Å². The van der Waals surface area contributed by atoms with Crippen molar-refractivity contribution < 1.29 is 24.5 Å². The maximum absolute atomic E-state index is 11.3. The molecule has 2 N–H and O–H groups in total. The molecule has 1 heterocycles. The van der Waals surface area contributed by atoms with Gasteiger partial charge in [-0.15, -0.1) is 0 Å². The summed E-state index contributed by atoms with van der Waals surface area (Å²) in [6.07, 6.45) is 0. The number of hydrogen-bond acceptors (Lipinski definition) is 4. The minimum absolute atomic E-state index is 0.185. The molecule has 0 atom stereocenters. The van der Waals surface area contributed by atoms with Crippen LogP contribution < -0.4 is 4.74 Å². The van der Waals surface area contributed by atoms with Crippen LogP contribution in [0.3, 0.4) is 0 Å². The molecule has 1 aromatic heterocycles. The van der Waals surface area contributed by atoms with E-state index in [0.29, 0.717) is 11.6 Å². The van der Waals surface area contributed by atoms with Gasteiger partial charge in [0, 0.05) is 5.56 Å². The van der Waals surface area contributed by atoms with E-state index in [0.717, 1.165) is 27.4 Å². The van der Waals surface area contributed by atoms with Crippen molar-refractivity contribution in [2.45, 2.75) is 6.54 Å². The van der Waals surface area contributed by atoms with Crippen LogP contribution in [0.1, 0.15) is 0 Å². The lowest BCUT2D eigenvalue weighted by Crippen LogP contribution is -2.10. The minimum Gasteiger partial charge on any atom is -0.482 e. The largest absolute Gasteiger partial charge is 0.482 e. The number of carbonyl (C=O) groups is 2. The standard InChI is InChI=1S/C21H16N2O5/c24-19(25)11-23-18-4-2-1-3-17(18)22-21(23)15-6-5-14-10-16(28-12-20(26)27)8-7-13(14)9-15/h1-10H,11-12H2,(H,24,25)(H,26,27). The van der Waals surface area contributed by atoms with Crippen molar-refractivity contribution in [3.8, 4) is 17.1 Å². The predicted molar refractivity (Wildman–Crippen MR) is 103 cm³/mol. The summed E-state index contributed by atoms with van der Waals surface area (Å²) in [5.41, 5.74) is 2.29. The molecule has 4 aromatic rings. The van der Waals surface area contributed by atoms with Gasteiger partial charge in [-0.2, -0.15) is 0 Å². The molecule has 28 heavy (non-hydrogen) atoms. The quantitative estimate of drug-likeness (QED) is 0.535. The number of para-hydroxylation sites is 2. The van der Waals surface area contributed by atoms with Crippen LogP contribution in [0, 0.1) is 0 Å². The topological polar surface area (TPSA) is 102 Å². The molecule has 0 bridgehead atoms. The number of nitrogens with zero attached hydrogens (tertiary/aromatic N) is 2. The van der Waals surface area contributed by atoms with Crippen LogP contribution in [0.5, 0.6) is 5.75 Å². The Morgan fingerprint density at radius 1 is 0.929 bits per heavy atom. The molecule has 7 heteroatoms. The van der Waals surface area contributed by atoms with Gasteiger partial charge in [0.25, 0.3) is 0 Å². The van der Waals surface area contributed by atoms with Crippen LogP contribution in [-0.4, -0.2) is 38.3 Å². The second-order valence-electron chi connectivity index (χ2n) is 6.31. The van der Waals surface area contributed by atoms with E-state index in [2.05, 4.69) is 4.98 Å². The highest BCUT2D eigenvalue weighted by molar-refractivity contribution is 5.89. The van der Waals surface area contributed by atoms with Gasteiger partial charge in [-0.1, -0.05) is 30.3 Å². The Kier molecular flexibility index (Phi) is 4.41. The summed E-state index contributed by atoms with van der Waals surface area (Å²) in [5.74, 6) is -0.921. The number of imidazole rings is 1. The highest BCUT2D eigenvalue weighted by Crippen LogP contribution is 2.29. The fourth-order valence-corrected chi connectivity index (χ4v) is 3.19. The van der Waals surface area contributed by atoms with Gasteiger partial charge in [-0.3, -0.25) is 4.79 Å². The molecule has 0 aliphatic rings. The molecule has 0 spiro atoms. The highest BCUT2D eigenvalue weighted by Gasteiger charge is 2.15. The molecule has 0 fully saturated rings. The number of hydrogen-bond donors (Lipinski definition) is 2. The smallest absolute Gasteiger partial charge is 0.341 e. The fraction of sp³-hybridized carbons (Fsp3) is 0.0952. The molecule has 140 valence electrons. The Morgan fingerprint density at radius 3 is 2.46 bits per heavy atom. The third-order valence-electron chi connectivity index (χ3n) is 4.38. The molecule has 0 aliphatic carbocycles. The zero-order valence-electron chi connectivity index (χ0n) is 14.7. The van der Waals surface area contributed by atoms with E-state index < -0.39 is 18.5 Å². The lowest BCUT2D eigenvalue weighted by atomic mass is 10.1. The molecule has 7 nitrogen and oxygen atoms in total. The van der Waals surface area contributed by atoms with Crippen LogP contribution >= 0.6 is 0 Å². The average Bonchev–Trinajstić information content (AvgIpc) is 3.04. The van der Waals surface area contributed by atoms with Crippen molar-refractivity contribution in [3.63, 3.8) is 0 Å². The summed E-state index contributed by atoms with van der Waals surface area (Å²) >= 11 is 0. The van der Waals surface area contributed by atoms with Gasteiger partial charge >= 0.3 is 11.9 Å². The molecular weight excluding hydrogens is 360 g/mol. The first-order valence-electron chi connectivity index (χ1n) is 8.57. The SMILES string of the molecule is O=C(O)COc1ccc2cc(-c3nc4ccccc4n3CC(=O)O)ccc2c1. The van der Waals surface area contributed by atoms with Gasteiger partial charge in [-0.25, -0.2) is 9.78 Å². The average molecular weight is 376 g/mol. The zero-order valence-corrected chi connectivity index (χ0v) is 14.7.